The molecule has 1 saturated heterocycles. The fourth-order valence-corrected chi connectivity index (χ4v) is 3.10. The number of halogens is 2. The van der Waals surface area contributed by atoms with Crippen LogP contribution in [0.25, 0.3) is 0 Å². The normalized spacial score (nSPS) is 24.4. The highest BCUT2D eigenvalue weighted by molar-refractivity contribution is 7.87. The summed E-state index contributed by atoms with van der Waals surface area (Å²) in [4.78, 5) is 0. The third kappa shape index (κ3) is 4.29. The van der Waals surface area contributed by atoms with Crippen LogP contribution in [0.2, 0.25) is 10.0 Å². The number of hydrogen-bond donors (Lipinski definition) is 3. The summed E-state index contributed by atoms with van der Waals surface area (Å²) in [5.41, 5.74) is 0.760. The van der Waals surface area contributed by atoms with Crippen LogP contribution in [0.4, 0.5) is 0 Å². The van der Waals surface area contributed by atoms with E-state index in [0.29, 0.717) is 23.2 Å². The second-order valence-electron chi connectivity index (χ2n) is 4.55. The summed E-state index contributed by atoms with van der Waals surface area (Å²) >= 11 is 11.9. The average Bonchev–Trinajstić information content (AvgIpc) is 2.56. The SMILES string of the molecule is NS(=O)(=O)N[C@@H]1C[NH2+]CCO[C@H]1c1ccc(Cl)c(Cl)c1. The molecule has 9 heteroatoms. The second kappa shape index (κ2) is 6.57. The predicted molar refractivity (Wildman–Crippen MR) is 76.8 cm³/mol. The Labute approximate surface area is 127 Å². The van der Waals surface area contributed by atoms with Gasteiger partial charge in [0.15, 0.2) is 0 Å². The Morgan fingerprint density at radius 3 is 2.75 bits per heavy atom. The van der Waals surface area contributed by atoms with Crippen molar-refractivity contribution in [1.29, 1.82) is 0 Å². The maximum atomic E-state index is 11.3. The van der Waals surface area contributed by atoms with Crippen LogP contribution in [0.15, 0.2) is 18.2 Å². The van der Waals surface area contributed by atoms with E-state index in [1.807, 2.05) is 5.32 Å². The molecule has 2 atom stereocenters. The summed E-state index contributed by atoms with van der Waals surface area (Å²) in [5, 5.41) is 7.86. The monoisotopic (exact) mass is 340 g/mol. The summed E-state index contributed by atoms with van der Waals surface area (Å²) in [6, 6.07) is 4.63. The van der Waals surface area contributed by atoms with Crippen molar-refractivity contribution in [3.8, 4) is 0 Å². The average molecular weight is 341 g/mol. The number of nitrogens with one attached hydrogen (secondary N) is 1. The number of nitrogens with two attached hydrogens (primary N) is 2. The van der Waals surface area contributed by atoms with Gasteiger partial charge in [0.2, 0.25) is 0 Å². The first-order valence-corrected chi connectivity index (χ1v) is 8.35. The lowest BCUT2D eigenvalue weighted by Gasteiger charge is -2.23. The van der Waals surface area contributed by atoms with Gasteiger partial charge in [-0.2, -0.15) is 13.1 Å². The van der Waals surface area contributed by atoms with Crippen LogP contribution < -0.4 is 15.2 Å². The van der Waals surface area contributed by atoms with Crippen LogP contribution in [0.3, 0.4) is 0 Å². The first-order valence-electron chi connectivity index (χ1n) is 6.05. The Hall–Kier alpha value is -0.410. The quantitative estimate of drug-likeness (QED) is 0.710. The van der Waals surface area contributed by atoms with E-state index in [0.717, 1.165) is 12.1 Å². The molecule has 1 fully saturated rings. The Balaban J connectivity index is 2.29. The topological polar surface area (TPSA) is 98.0 Å². The lowest BCUT2D eigenvalue weighted by Crippen LogP contribution is -2.87. The van der Waals surface area contributed by atoms with Crippen molar-refractivity contribution in [2.45, 2.75) is 12.1 Å². The molecule has 2 rings (SSSR count). The van der Waals surface area contributed by atoms with E-state index in [2.05, 4.69) is 4.72 Å². The van der Waals surface area contributed by atoms with E-state index < -0.39 is 22.4 Å². The minimum atomic E-state index is -3.81. The predicted octanol–water partition coefficient (Wildman–Crippen LogP) is -0.210. The molecule has 1 aliphatic heterocycles. The molecule has 0 aliphatic carbocycles. The van der Waals surface area contributed by atoms with Crippen molar-refractivity contribution in [2.75, 3.05) is 19.7 Å². The van der Waals surface area contributed by atoms with E-state index in [-0.39, 0.29) is 0 Å². The van der Waals surface area contributed by atoms with Gasteiger partial charge in [0.1, 0.15) is 12.1 Å². The maximum Gasteiger partial charge on any atom is 0.274 e. The molecule has 0 aromatic heterocycles. The van der Waals surface area contributed by atoms with E-state index in [1.165, 1.54) is 0 Å². The zero-order valence-corrected chi connectivity index (χ0v) is 12.9. The number of benzene rings is 1. The molecule has 0 unspecified atom stereocenters. The largest absolute Gasteiger partial charge is 0.366 e. The minimum Gasteiger partial charge on any atom is -0.366 e. The van der Waals surface area contributed by atoms with Gasteiger partial charge in [-0.05, 0) is 17.7 Å². The first kappa shape index (κ1) is 16.0. The molecular weight excluding hydrogens is 325 g/mol. The molecular formula is C11H16Cl2N3O3S+. The van der Waals surface area contributed by atoms with Gasteiger partial charge in [0.25, 0.3) is 10.2 Å². The molecule has 0 amide bonds. The highest BCUT2D eigenvalue weighted by Crippen LogP contribution is 2.29. The van der Waals surface area contributed by atoms with E-state index >= 15 is 0 Å². The van der Waals surface area contributed by atoms with Crippen molar-refractivity contribution in [1.82, 2.24) is 4.72 Å². The fraction of sp³-hybridized carbons (Fsp3) is 0.455. The van der Waals surface area contributed by atoms with Crippen LogP contribution in [0.5, 0.6) is 0 Å². The van der Waals surface area contributed by atoms with Gasteiger partial charge in [-0.25, -0.2) is 5.14 Å². The summed E-state index contributed by atoms with van der Waals surface area (Å²) in [6.45, 7) is 1.79. The van der Waals surface area contributed by atoms with Crippen LogP contribution in [0, 0.1) is 0 Å². The highest BCUT2D eigenvalue weighted by Gasteiger charge is 2.30. The highest BCUT2D eigenvalue weighted by atomic mass is 35.5. The molecule has 1 aromatic rings. The molecule has 1 aliphatic rings. The number of ether oxygens (including phenoxy) is 1. The summed E-state index contributed by atoms with van der Waals surface area (Å²) in [6.07, 6.45) is -0.457. The van der Waals surface area contributed by atoms with Crippen LogP contribution in [-0.4, -0.2) is 34.2 Å². The van der Waals surface area contributed by atoms with E-state index in [4.69, 9.17) is 33.1 Å². The van der Waals surface area contributed by atoms with Crippen molar-refractivity contribution >= 4 is 33.4 Å². The van der Waals surface area contributed by atoms with Crippen molar-refractivity contribution in [2.24, 2.45) is 5.14 Å². The molecule has 0 spiro atoms. The minimum absolute atomic E-state index is 0.398. The van der Waals surface area contributed by atoms with Gasteiger partial charge >= 0.3 is 0 Å². The Bertz CT molecular complexity index is 582. The van der Waals surface area contributed by atoms with Gasteiger partial charge < -0.3 is 10.1 Å². The lowest BCUT2D eigenvalue weighted by atomic mass is 10.0. The summed E-state index contributed by atoms with van der Waals surface area (Å²) < 4.78 is 30.6. The van der Waals surface area contributed by atoms with Crippen molar-refractivity contribution in [3.63, 3.8) is 0 Å². The van der Waals surface area contributed by atoms with Gasteiger partial charge in [0.05, 0.1) is 29.7 Å². The molecule has 6 nitrogen and oxygen atoms in total. The zero-order valence-electron chi connectivity index (χ0n) is 10.6. The third-order valence-electron chi connectivity index (χ3n) is 2.99. The number of rotatable bonds is 3. The molecule has 5 N–H and O–H groups in total. The Kier molecular flexibility index (Phi) is 5.25. The van der Waals surface area contributed by atoms with Crippen molar-refractivity contribution < 1.29 is 18.5 Å². The zero-order chi connectivity index (χ0) is 14.8. The lowest BCUT2D eigenvalue weighted by molar-refractivity contribution is -0.653. The number of hydrogen-bond acceptors (Lipinski definition) is 3. The maximum absolute atomic E-state index is 11.3. The van der Waals surface area contributed by atoms with Crippen LogP contribution in [-0.2, 0) is 14.9 Å². The van der Waals surface area contributed by atoms with Crippen molar-refractivity contribution in [3.05, 3.63) is 33.8 Å². The third-order valence-corrected chi connectivity index (χ3v) is 4.36. The number of quaternary nitrogens is 1. The Morgan fingerprint density at radius 1 is 1.35 bits per heavy atom. The van der Waals surface area contributed by atoms with E-state index in [1.54, 1.807) is 18.2 Å². The summed E-state index contributed by atoms with van der Waals surface area (Å²) in [7, 11) is -3.81. The first-order chi connectivity index (χ1) is 9.37. The van der Waals surface area contributed by atoms with E-state index in [9.17, 15) is 8.42 Å². The fourth-order valence-electron chi connectivity index (χ4n) is 2.15. The van der Waals surface area contributed by atoms with Gasteiger partial charge in [-0.3, -0.25) is 0 Å². The second-order valence-corrected chi connectivity index (χ2v) is 6.69. The molecule has 1 heterocycles. The molecule has 0 radical (unpaired) electrons. The smallest absolute Gasteiger partial charge is 0.274 e. The molecule has 1 aromatic carbocycles. The van der Waals surface area contributed by atoms with Gasteiger partial charge in [-0.1, -0.05) is 29.3 Å². The molecule has 20 heavy (non-hydrogen) atoms. The van der Waals surface area contributed by atoms with Crippen LogP contribution in [0.1, 0.15) is 11.7 Å². The molecule has 112 valence electrons. The molecule has 0 saturated carbocycles. The summed E-state index contributed by atoms with van der Waals surface area (Å²) in [5.74, 6) is 0. The Morgan fingerprint density at radius 2 is 2.10 bits per heavy atom. The standard InChI is InChI=1S/C11H15Cl2N3O3S/c12-8-2-1-7(5-9(8)13)11-10(16-20(14,17)18)6-15-3-4-19-11/h1-2,5,10-11,15-16H,3-4,6H2,(H2,14,17,18)/p+1/t10-,11+/m1/s1. The van der Waals surface area contributed by atoms with Crippen LogP contribution >= 0.6 is 23.2 Å². The molecule has 0 bridgehead atoms. The van der Waals surface area contributed by atoms with Gasteiger partial charge in [-0.15, -0.1) is 0 Å². The van der Waals surface area contributed by atoms with Gasteiger partial charge in [0, 0.05) is 0 Å².